The van der Waals surface area contributed by atoms with E-state index in [9.17, 15) is 18.8 Å². The van der Waals surface area contributed by atoms with Crippen LogP contribution in [0.3, 0.4) is 0 Å². The molecule has 1 atom stereocenters. The SMILES string of the molecule is CCOC(=O)[C@@H]1CCCN(c2c(N3CCN(c4ccc(F)cc4)CC3)c(=O)c2=O)C1. The summed E-state index contributed by atoms with van der Waals surface area (Å²) < 4.78 is 18.3. The number of piperidine rings is 1. The van der Waals surface area contributed by atoms with Crippen molar-refractivity contribution in [3.05, 3.63) is 50.5 Å². The molecule has 30 heavy (non-hydrogen) atoms. The monoisotopic (exact) mass is 415 g/mol. The molecule has 4 rings (SSSR count). The van der Waals surface area contributed by atoms with Gasteiger partial charge in [0.05, 0.1) is 12.5 Å². The van der Waals surface area contributed by atoms with E-state index < -0.39 is 10.9 Å². The molecule has 0 N–H and O–H groups in total. The molecule has 2 aliphatic heterocycles. The summed E-state index contributed by atoms with van der Waals surface area (Å²) in [7, 11) is 0. The summed E-state index contributed by atoms with van der Waals surface area (Å²) >= 11 is 0. The number of benzene rings is 1. The molecular formula is C22H26FN3O4. The molecule has 0 aliphatic carbocycles. The van der Waals surface area contributed by atoms with Gasteiger partial charge in [-0.1, -0.05) is 0 Å². The van der Waals surface area contributed by atoms with E-state index in [0.717, 1.165) is 18.5 Å². The van der Waals surface area contributed by atoms with Crippen LogP contribution in [0.5, 0.6) is 0 Å². The highest BCUT2D eigenvalue weighted by Gasteiger charge is 2.35. The number of hydrogen-bond acceptors (Lipinski definition) is 7. The summed E-state index contributed by atoms with van der Waals surface area (Å²) in [5.41, 5.74) is 0.955. The summed E-state index contributed by atoms with van der Waals surface area (Å²) in [6.07, 6.45) is 1.51. The Labute approximate surface area is 174 Å². The normalized spacial score (nSPS) is 19.9. The van der Waals surface area contributed by atoms with Gasteiger partial charge in [-0.3, -0.25) is 14.4 Å². The molecule has 160 valence electrons. The quantitative estimate of drug-likeness (QED) is 0.542. The van der Waals surface area contributed by atoms with Gasteiger partial charge >= 0.3 is 5.97 Å². The first-order valence-corrected chi connectivity index (χ1v) is 10.5. The average Bonchev–Trinajstić information content (AvgIpc) is 2.77. The molecule has 0 spiro atoms. The van der Waals surface area contributed by atoms with E-state index in [4.69, 9.17) is 4.74 Å². The number of carbonyl (C=O) groups excluding carboxylic acids is 1. The Bertz CT molecular complexity index is 975. The molecular weight excluding hydrogens is 389 g/mol. The first-order valence-electron chi connectivity index (χ1n) is 10.5. The molecule has 2 fully saturated rings. The van der Waals surface area contributed by atoms with Gasteiger partial charge in [-0.15, -0.1) is 0 Å². The summed E-state index contributed by atoms with van der Waals surface area (Å²) in [5, 5.41) is 0. The molecule has 2 aromatic rings. The Morgan fingerprint density at radius 3 is 2.20 bits per heavy atom. The molecule has 2 saturated heterocycles. The standard InChI is InChI=1S/C22H26FN3O4/c1-2-30-22(29)15-4-3-9-26(14-15)19-18(20(27)21(19)28)25-12-10-24(11-13-25)17-7-5-16(23)6-8-17/h5-8,15H,2-4,9-14H2,1H3/t15-/m1/s1. The largest absolute Gasteiger partial charge is 0.466 e. The number of rotatable bonds is 5. The van der Waals surface area contributed by atoms with Crippen molar-refractivity contribution in [2.45, 2.75) is 19.8 Å². The minimum Gasteiger partial charge on any atom is -0.466 e. The maximum atomic E-state index is 13.2. The van der Waals surface area contributed by atoms with Crippen LogP contribution in [0.2, 0.25) is 0 Å². The van der Waals surface area contributed by atoms with Gasteiger partial charge in [-0.05, 0) is 44.0 Å². The maximum Gasteiger partial charge on any atom is 0.310 e. The zero-order valence-electron chi connectivity index (χ0n) is 17.1. The second-order valence-corrected chi connectivity index (χ2v) is 7.84. The summed E-state index contributed by atoms with van der Waals surface area (Å²) in [6, 6.07) is 6.37. The van der Waals surface area contributed by atoms with Crippen LogP contribution in [-0.2, 0) is 9.53 Å². The third kappa shape index (κ3) is 3.78. The van der Waals surface area contributed by atoms with Crippen molar-refractivity contribution in [2.75, 3.05) is 60.6 Å². The fourth-order valence-electron chi connectivity index (χ4n) is 4.43. The maximum absolute atomic E-state index is 13.2. The second kappa shape index (κ2) is 8.45. The fraction of sp³-hybridized carbons (Fsp3) is 0.500. The molecule has 0 bridgehead atoms. The Kier molecular flexibility index (Phi) is 5.74. The highest BCUT2D eigenvalue weighted by molar-refractivity contribution is 5.79. The van der Waals surface area contributed by atoms with Gasteiger partial charge in [0.15, 0.2) is 0 Å². The van der Waals surface area contributed by atoms with Gasteiger partial charge in [-0.25, -0.2) is 4.39 Å². The van der Waals surface area contributed by atoms with Gasteiger partial charge in [0.2, 0.25) is 0 Å². The zero-order chi connectivity index (χ0) is 21.3. The van der Waals surface area contributed by atoms with Crippen molar-refractivity contribution < 1.29 is 13.9 Å². The number of carbonyl (C=O) groups is 1. The predicted octanol–water partition coefficient (Wildman–Crippen LogP) is 1.53. The van der Waals surface area contributed by atoms with E-state index in [-0.39, 0.29) is 17.7 Å². The van der Waals surface area contributed by atoms with Crippen molar-refractivity contribution >= 4 is 23.0 Å². The number of hydrogen-bond donors (Lipinski definition) is 0. The van der Waals surface area contributed by atoms with Crippen LogP contribution in [-0.4, -0.2) is 51.8 Å². The molecule has 0 unspecified atom stereocenters. The zero-order valence-corrected chi connectivity index (χ0v) is 17.1. The van der Waals surface area contributed by atoms with Crippen LogP contribution in [0.4, 0.5) is 21.5 Å². The van der Waals surface area contributed by atoms with Crippen LogP contribution in [0.25, 0.3) is 0 Å². The Morgan fingerprint density at radius 2 is 1.57 bits per heavy atom. The number of ether oxygens (including phenoxy) is 1. The lowest BCUT2D eigenvalue weighted by Gasteiger charge is -2.41. The molecule has 2 aromatic carbocycles. The third-order valence-electron chi connectivity index (χ3n) is 6.01. The number of piperazine rings is 1. The van der Waals surface area contributed by atoms with Crippen LogP contribution >= 0.6 is 0 Å². The summed E-state index contributed by atoms with van der Waals surface area (Å²) in [5.74, 6) is -0.782. The van der Waals surface area contributed by atoms with Crippen molar-refractivity contribution in [1.82, 2.24) is 0 Å². The van der Waals surface area contributed by atoms with Crippen molar-refractivity contribution in [1.29, 1.82) is 0 Å². The highest BCUT2D eigenvalue weighted by atomic mass is 19.1. The molecule has 2 heterocycles. The van der Waals surface area contributed by atoms with E-state index in [1.165, 1.54) is 12.1 Å². The Morgan fingerprint density at radius 1 is 0.967 bits per heavy atom. The van der Waals surface area contributed by atoms with E-state index in [1.54, 1.807) is 19.1 Å². The van der Waals surface area contributed by atoms with E-state index in [0.29, 0.717) is 57.3 Å². The Balaban J connectivity index is 1.46. The fourth-order valence-corrected chi connectivity index (χ4v) is 4.43. The average molecular weight is 415 g/mol. The molecule has 0 amide bonds. The smallest absolute Gasteiger partial charge is 0.310 e. The van der Waals surface area contributed by atoms with Crippen LogP contribution in [0, 0.1) is 11.7 Å². The molecule has 2 aliphatic rings. The minimum absolute atomic E-state index is 0.240. The van der Waals surface area contributed by atoms with Gasteiger partial charge in [0.1, 0.15) is 17.2 Å². The van der Waals surface area contributed by atoms with Crippen molar-refractivity contribution in [2.24, 2.45) is 5.92 Å². The lowest BCUT2D eigenvalue weighted by molar-refractivity contribution is -0.148. The number of halogens is 1. The van der Waals surface area contributed by atoms with E-state index in [1.807, 2.05) is 9.80 Å². The first-order chi connectivity index (χ1) is 14.5. The lowest BCUT2D eigenvalue weighted by Crippen LogP contribution is -2.54. The topological polar surface area (TPSA) is 70.2 Å². The van der Waals surface area contributed by atoms with Crippen LogP contribution < -0.4 is 25.6 Å². The molecule has 8 heteroatoms. The van der Waals surface area contributed by atoms with Crippen molar-refractivity contribution in [3.63, 3.8) is 0 Å². The number of nitrogens with zero attached hydrogens (tertiary/aromatic N) is 3. The van der Waals surface area contributed by atoms with Crippen LogP contribution in [0.1, 0.15) is 19.8 Å². The number of esters is 1. The van der Waals surface area contributed by atoms with E-state index >= 15 is 0 Å². The molecule has 0 saturated carbocycles. The number of anilines is 3. The van der Waals surface area contributed by atoms with Gasteiger partial charge in [0.25, 0.3) is 10.9 Å². The molecule has 7 nitrogen and oxygen atoms in total. The molecule has 0 aromatic heterocycles. The first kappa shape index (κ1) is 20.4. The van der Waals surface area contributed by atoms with Gasteiger partial charge in [0, 0.05) is 45.0 Å². The second-order valence-electron chi connectivity index (χ2n) is 7.84. The highest BCUT2D eigenvalue weighted by Crippen LogP contribution is 2.30. The predicted molar refractivity (Wildman–Crippen MR) is 114 cm³/mol. The van der Waals surface area contributed by atoms with Gasteiger partial charge in [-0.2, -0.15) is 0 Å². The van der Waals surface area contributed by atoms with Crippen LogP contribution in [0.15, 0.2) is 33.9 Å². The third-order valence-corrected chi connectivity index (χ3v) is 6.01. The summed E-state index contributed by atoms with van der Waals surface area (Å²) in [6.45, 7) is 5.73. The Hall–Kier alpha value is -2.90. The van der Waals surface area contributed by atoms with Gasteiger partial charge < -0.3 is 19.4 Å². The molecule has 0 radical (unpaired) electrons. The minimum atomic E-state index is -0.463. The lowest BCUT2D eigenvalue weighted by atomic mass is 9.96. The summed E-state index contributed by atoms with van der Waals surface area (Å²) in [4.78, 5) is 42.9. The van der Waals surface area contributed by atoms with Crippen molar-refractivity contribution in [3.8, 4) is 0 Å². The van der Waals surface area contributed by atoms with E-state index in [2.05, 4.69) is 4.90 Å².